The van der Waals surface area contributed by atoms with E-state index in [1.165, 1.54) is 28.9 Å². The van der Waals surface area contributed by atoms with E-state index in [4.69, 9.17) is 32.7 Å². The second-order valence-corrected chi connectivity index (χ2v) is 9.11. The van der Waals surface area contributed by atoms with Gasteiger partial charge in [-0.3, -0.25) is 14.9 Å². The summed E-state index contributed by atoms with van der Waals surface area (Å²) in [5.41, 5.74) is 2.97. The first-order chi connectivity index (χ1) is 17.6. The summed E-state index contributed by atoms with van der Waals surface area (Å²) in [4.78, 5) is 23.8. The van der Waals surface area contributed by atoms with Gasteiger partial charge in [-0.15, -0.1) is 0 Å². The Morgan fingerprint density at radius 1 is 1.08 bits per heavy atom. The molecule has 0 fully saturated rings. The highest BCUT2D eigenvalue weighted by atomic mass is 35.5. The summed E-state index contributed by atoms with van der Waals surface area (Å²) in [6.45, 7) is 5.76. The quantitative estimate of drug-likeness (QED) is 0.188. The molecule has 0 bridgehead atoms. The largest absolute Gasteiger partial charge is 0.468 e. The number of aryl methyl sites for hydroxylation is 2. The minimum Gasteiger partial charge on any atom is -0.468 e. The van der Waals surface area contributed by atoms with Crippen LogP contribution in [-0.2, 0) is 6.73 Å². The molecule has 37 heavy (non-hydrogen) atoms. The van der Waals surface area contributed by atoms with E-state index in [9.17, 15) is 14.9 Å². The number of para-hydroxylation sites is 1. The molecule has 11 heteroatoms. The highest BCUT2D eigenvalue weighted by Gasteiger charge is 2.17. The van der Waals surface area contributed by atoms with E-state index in [0.717, 1.165) is 16.7 Å². The maximum Gasteiger partial charge on any atom is 0.276 e. The third-order valence-corrected chi connectivity index (χ3v) is 6.08. The maximum absolute atomic E-state index is 12.8. The third-order valence-electron chi connectivity index (χ3n) is 5.49. The molecular weight excluding hydrogens is 519 g/mol. The van der Waals surface area contributed by atoms with Gasteiger partial charge in [0.25, 0.3) is 11.6 Å². The molecule has 1 amide bonds. The summed E-state index contributed by atoms with van der Waals surface area (Å²) in [5, 5.41) is 19.0. The molecule has 4 rings (SSSR count). The Kier molecular flexibility index (Phi) is 7.66. The van der Waals surface area contributed by atoms with E-state index < -0.39 is 10.8 Å². The number of anilines is 1. The molecule has 1 aromatic heterocycles. The van der Waals surface area contributed by atoms with Gasteiger partial charge in [0.1, 0.15) is 11.5 Å². The van der Waals surface area contributed by atoms with Crippen LogP contribution in [0.2, 0.25) is 10.0 Å². The number of hydrogen-bond acceptors (Lipinski definition) is 6. The highest BCUT2D eigenvalue weighted by molar-refractivity contribution is 6.37. The number of nitrogens with one attached hydrogen (secondary N) is 1. The van der Waals surface area contributed by atoms with E-state index in [-0.39, 0.29) is 29.5 Å². The van der Waals surface area contributed by atoms with Gasteiger partial charge in [0.15, 0.2) is 18.2 Å². The molecule has 0 aliphatic heterocycles. The Balaban J connectivity index is 1.51. The SMILES string of the molecule is Cc1cc(C)c(C)c(Oc2cc(NC(=O)c3ccn(COc4c(Cl)cccc4Cl)n3)cc([N+](=O)[O-])c2)c1. The molecule has 9 nitrogen and oxygen atoms in total. The minimum absolute atomic E-state index is 0.0409. The molecule has 190 valence electrons. The van der Waals surface area contributed by atoms with Gasteiger partial charge in [0.2, 0.25) is 0 Å². The molecule has 0 radical (unpaired) electrons. The Bertz CT molecular complexity index is 1480. The van der Waals surface area contributed by atoms with Crippen molar-refractivity contribution in [2.75, 3.05) is 5.32 Å². The van der Waals surface area contributed by atoms with Gasteiger partial charge in [-0.05, 0) is 61.7 Å². The lowest BCUT2D eigenvalue weighted by atomic mass is 10.1. The standard InChI is InChI=1S/C26H22Cl2N4O5/c1-15-9-16(2)17(3)24(10-15)37-20-12-18(11-19(13-20)32(34)35)29-26(33)23-7-8-31(30-23)14-36-25-21(27)5-4-6-22(25)28/h4-13H,14H2,1-3H3,(H,29,33). The summed E-state index contributed by atoms with van der Waals surface area (Å²) < 4.78 is 13.0. The van der Waals surface area contributed by atoms with Crippen molar-refractivity contribution in [1.29, 1.82) is 0 Å². The molecule has 0 unspecified atom stereocenters. The van der Waals surface area contributed by atoms with Gasteiger partial charge < -0.3 is 14.8 Å². The molecule has 0 saturated heterocycles. The molecule has 1 heterocycles. The number of nitro benzene ring substituents is 1. The van der Waals surface area contributed by atoms with Gasteiger partial charge in [-0.25, -0.2) is 4.68 Å². The zero-order chi connectivity index (χ0) is 26.7. The number of rotatable bonds is 8. The van der Waals surface area contributed by atoms with Crippen LogP contribution >= 0.6 is 23.2 Å². The van der Waals surface area contributed by atoms with E-state index in [2.05, 4.69) is 10.4 Å². The van der Waals surface area contributed by atoms with Crippen LogP contribution in [0.3, 0.4) is 0 Å². The fourth-order valence-electron chi connectivity index (χ4n) is 3.55. The van der Waals surface area contributed by atoms with Gasteiger partial charge in [-0.2, -0.15) is 5.10 Å². The molecule has 4 aromatic rings. The number of hydrogen-bond donors (Lipinski definition) is 1. The van der Waals surface area contributed by atoms with E-state index in [1.54, 1.807) is 24.4 Å². The lowest BCUT2D eigenvalue weighted by Crippen LogP contribution is -2.14. The number of ether oxygens (including phenoxy) is 2. The molecule has 3 aromatic carbocycles. The van der Waals surface area contributed by atoms with Crippen molar-refractivity contribution in [2.45, 2.75) is 27.5 Å². The number of non-ortho nitro benzene ring substituents is 1. The van der Waals surface area contributed by atoms with Crippen molar-refractivity contribution in [3.05, 3.63) is 103 Å². The van der Waals surface area contributed by atoms with Crippen LogP contribution < -0.4 is 14.8 Å². The molecule has 0 atom stereocenters. The number of halogens is 2. The average molecular weight is 541 g/mol. The second kappa shape index (κ2) is 10.9. The van der Waals surface area contributed by atoms with Crippen LogP contribution in [0.15, 0.2) is 60.8 Å². The summed E-state index contributed by atoms with van der Waals surface area (Å²) in [6.07, 6.45) is 1.55. The van der Waals surface area contributed by atoms with Gasteiger partial charge in [0.05, 0.1) is 26.7 Å². The van der Waals surface area contributed by atoms with Crippen LogP contribution in [0.1, 0.15) is 27.2 Å². The first-order valence-corrected chi connectivity index (χ1v) is 11.8. The third kappa shape index (κ3) is 6.19. The number of nitrogens with zero attached hydrogens (tertiary/aromatic N) is 3. The number of aromatic nitrogens is 2. The summed E-state index contributed by atoms with van der Waals surface area (Å²) in [6, 6.07) is 14.4. The van der Waals surface area contributed by atoms with E-state index in [0.29, 0.717) is 21.5 Å². The topological polar surface area (TPSA) is 109 Å². The first-order valence-electron chi connectivity index (χ1n) is 11.1. The van der Waals surface area contributed by atoms with Crippen LogP contribution in [0.25, 0.3) is 0 Å². The number of carbonyl (C=O) groups excluding carboxylic acids is 1. The van der Waals surface area contributed by atoms with Gasteiger partial charge in [0, 0.05) is 18.3 Å². The predicted molar refractivity (Wildman–Crippen MR) is 141 cm³/mol. The molecule has 0 saturated carbocycles. The van der Waals surface area contributed by atoms with Crippen molar-refractivity contribution < 1.29 is 19.2 Å². The summed E-state index contributed by atoms with van der Waals surface area (Å²) in [7, 11) is 0. The molecule has 1 N–H and O–H groups in total. The maximum atomic E-state index is 12.8. The van der Waals surface area contributed by atoms with Crippen molar-refractivity contribution in [3.63, 3.8) is 0 Å². The van der Waals surface area contributed by atoms with Crippen LogP contribution in [0.5, 0.6) is 17.2 Å². The zero-order valence-electron chi connectivity index (χ0n) is 20.1. The summed E-state index contributed by atoms with van der Waals surface area (Å²) in [5.74, 6) is 0.528. The minimum atomic E-state index is -0.566. The zero-order valence-corrected chi connectivity index (χ0v) is 21.6. The summed E-state index contributed by atoms with van der Waals surface area (Å²) >= 11 is 12.2. The van der Waals surface area contributed by atoms with Crippen molar-refractivity contribution in [2.24, 2.45) is 0 Å². The average Bonchev–Trinajstić information content (AvgIpc) is 3.31. The van der Waals surface area contributed by atoms with Crippen LogP contribution in [-0.4, -0.2) is 20.6 Å². The van der Waals surface area contributed by atoms with Crippen molar-refractivity contribution in [1.82, 2.24) is 9.78 Å². The molecule has 0 aliphatic carbocycles. The predicted octanol–water partition coefficient (Wildman–Crippen LogP) is 7.10. The fourth-order valence-corrected chi connectivity index (χ4v) is 4.06. The molecule has 0 aliphatic rings. The second-order valence-electron chi connectivity index (χ2n) is 8.30. The van der Waals surface area contributed by atoms with Crippen molar-refractivity contribution in [3.8, 4) is 17.2 Å². The Morgan fingerprint density at radius 2 is 1.81 bits per heavy atom. The van der Waals surface area contributed by atoms with E-state index >= 15 is 0 Å². The van der Waals surface area contributed by atoms with Crippen LogP contribution in [0.4, 0.5) is 11.4 Å². The Morgan fingerprint density at radius 3 is 2.51 bits per heavy atom. The van der Waals surface area contributed by atoms with E-state index in [1.807, 2.05) is 32.9 Å². The fraction of sp³-hybridized carbons (Fsp3) is 0.154. The number of nitro groups is 1. The number of amides is 1. The Hall–Kier alpha value is -4.08. The Labute approximate surface area is 222 Å². The normalized spacial score (nSPS) is 10.7. The first kappa shape index (κ1) is 26.0. The smallest absolute Gasteiger partial charge is 0.276 e. The van der Waals surface area contributed by atoms with Crippen molar-refractivity contribution >= 4 is 40.5 Å². The van der Waals surface area contributed by atoms with Gasteiger partial charge in [-0.1, -0.05) is 35.3 Å². The van der Waals surface area contributed by atoms with Crippen LogP contribution in [0, 0.1) is 30.9 Å². The lowest BCUT2D eigenvalue weighted by Gasteiger charge is -2.13. The lowest BCUT2D eigenvalue weighted by molar-refractivity contribution is -0.384. The monoisotopic (exact) mass is 540 g/mol. The van der Waals surface area contributed by atoms with Gasteiger partial charge >= 0.3 is 0 Å². The highest BCUT2D eigenvalue weighted by Crippen LogP contribution is 2.34. The number of carbonyl (C=O) groups is 1. The molecular formula is C26H22Cl2N4O5. The number of benzene rings is 3. The molecule has 0 spiro atoms.